The second-order valence-corrected chi connectivity index (χ2v) is 8.41. The number of piperazine rings is 1. The Kier molecular flexibility index (Phi) is 7.44. The minimum Gasteiger partial charge on any atom is -0.506 e. The molecule has 1 fully saturated rings. The van der Waals surface area contributed by atoms with Crippen molar-refractivity contribution in [2.24, 2.45) is 0 Å². The van der Waals surface area contributed by atoms with Crippen LogP contribution >= 0.6 is 0 Å². The number of phenols is 1. The summed E-state index contributed by atoms with van der Waals surface area (Å²) >= 11 is 0. The molecular weight excluding hydrogens is 473 g/mol. The molecular formula is C26H25F3N4O3. The molecule has 0 saturated carbocycles. The van der Waals surface area contributed by atoms with Gasteiger partial charge in [-0.15, -0.1) is 0 Å². The number of hydrogen-bond donors (Lipinski definition) is 3. The predicted octanol–water partition coefficient (Wildman–Crippen LogP) is 4.42. The Labute approximate surface area is 206 Å². The summed E-state index contributed by atoms with van der Waals surface area (Å²) in [7, 11) is 0. The Morgan fingerprint density at radius 1 is 0.833 bits per heavy atom. The minimum absolute atomic E-state index is 0.0206. The monoisotopic (exact) mass is 498 g/mol. The lowest BCUT2D eigenvalue weighted by molar-refractivity contribution is -0.137. The van der Waals surface area contributed by atoms with Gasteiger partial charge in [0.05, 0.1) is 17.8 Å². The summed E-state index contributed by atoms with van der Waals surface area (Å²) in [6.45, 7) is 2.77. The van der Waals surface area contributed by atoms with Crippen molar-refractivity contribution in [2.45, 2.75) is 6.18 Å². The predicted molar refractivity (Wildman–Crippen MR) is 131 cm³/mol. The van der Waals surface area contributed by atoms with E-state index in [0.717, 1.165) is 17.8 Å². The van der Waals surface area contributed by atoms with Crippen LogP contribution in [-0.2, 0) is 11.0 Å². The summed E-state index contributed by atoms with van der Waals surface area (Å²) in [5.74, 6) is -0.618. The van der Waals surface area contributed by atoms with Gasteiger partial charge in [0.15, 0.2) is 0 Å². The van der Waals surface area contributed by atoms with Gasteiger partial charge in [-0.05, 0) is 48.5 Å². The Balaban J connectivity index is 1.31. The van der Waals surface area contributed by atoms with Crippen LogP contribution in [0.3, 0.4) is 0 Å². The van der Waals surface area contributed by atoms with E-state index in [1.807, 2.05) is 17.0 Å². The number of carbonyl (C=O) groups is 2. The molecule has 10 heteroatoms. The summed E-state index contributed by atoms with van der Waals surface area (Å²) in [6.07, 6.45) is -4.51. The van der Waals surface area contributed by atoms with Gasteiger partial charge in [0.2, 0.25) is 5.91 Å². The van der Waals surface area contributed by atoms with Crippen LogP contribution in [0.4, 0.5) is 30.2 Å². The summed E-state index contributed by atoms with van der Waals surface area (Å²) in [4.78, 5) is 29.2. The van der Waals surface area contributed by atoms with Gasteiger partial charge in [-0.3, -0.25) is 14.5 Å². The van der Waals surface area contributed by atoms with E-state index in [0.29, 0.717) is 31.9 Å². The molecule has 1 aliphatic heterocycles. The number of rotatable bonds is 6. The number of nitrogens with one attached hydrogen (secondary N) is 2. The molecule has 4 rings (SSSR count). The van der Waals surface area contributed by atoms with E-state index in [2.05, 4.69) is 15.5 Å². The molecule has 0 unspecified atom stereocenters. The standard InChI is InChI=1S/C26H25F3N4O3/c27-26(28,29)19-6-4-8-21(16-19)31-25(36)18-5-3-7-20(15-18)30-24(35)17-32-11-13-33(14-12-32)22-9-1-2-10-23(22)34/h1-10,15-16,34H,11-14,17H2,(H,30,35)(H,31,36). The van der Waals surface area contributed by atoms with E-state index in [1.165, 1.54) is 24.3 Å². The minimum atomic E-state index is -4.51. The van der Waals surface area contributed by atoms with Gasteiger partial charge in [-0.1, -0.05) is 24.3 Å². The van der Waals surface area contributed by atoms with E-state index in [1.54, 1.807) is 24.3 Å². The van der Waals surface area contributed by atoms with E-state index in [-0.39, 0.29) is 29.5 Å². The lowest BCUT2D eigenvalue weighted by atomic mass is 10.1. The molecule has 1 aliphatic rings. The molecule has 188 valence electrons. The third-order valence-corrected chi connectivity index (χ3v) is 5.82. The normalized spacial score (nSPS) is 14.4. The molecule has 0 aliphatic carbocycles. The lowest BCUT2D eigenvalue weighted by Crippen LogP contribution is -2.48. The topological polar surface area (TPSA) is 84.9 Å². The highest BCUT2D eigenvalue weighted by Crippen LogP contribution is 2.31. The van der Waals surface area contributed by atoms with Crippen molar-refractivity contribution in [1.82, 2.24) is 4.90 Å². The molecule has 3 aromatic rings. The van der Waals surface area contributed by atoms with Crippen LogP contribution in [0.25, 0.3) is 0 Å². The van der Waals surface area contributed by atoms with Gasteiger partial charge in [0.1, 0.15) is 5.75 Å². The van der Waals surface area contributed by atoms with Crippen molar-refractivity contribution < 1.29 is 27.9 Å². The summed E-state index contributed by atoms with van der Waals surface area (Å²) in [5, 5.41) is 15.3. The van der Waals surface area contributed by atoms with Crippen molar-refractivity contribution in [3.05, 3.63) is 83.9 Å². The number of amides is 2. The maximum atomic E-state index is 12.9. The fourth-order valence-corrected chi connectivity index (χ4v) is 4.00. The molecule has 1 saturated heterocycles. The SMILES string of the molecule is O=C(CN1CCN(c2ccccc2O)CC1)Nc1cccc(C(=O)Nc2cccc(C(F)(F)F)c2)c1. The number of hydrogen-bond acceptors (Lipinski definition) is 5. The van der Waals surface area contributed by atoms with Gasteiger partial charge in [-0.25, -0.2) is 0 Å². The second kappa shape index (κ2) is 10.7. The first kappa shape index (κ1) is 25.1. The van der Waals surface area contributed by atoms with Crippen molar-refractivity contribution >= 4 is 28.9 Å². The Morgan fingerprint density at radius 2 is 1.50 bits per heavy atom. The molecule has 0 bridgehead atoms. The van der Waals surface area contributed by atoms with Crippen molar-refractivity contribution in [1.29, 1.82) is 0 Å². The van der Waals surface area contributed by atoms with E-state index < -0.39 is 17.6 Å². The average Bonchev–Trinajstić information content (AvgIpc) is 2.85. The number of benzene rings is 3. The highest BCUT2D eigenvalue weighted by atomic mass is 19.4. The number of carbonyl (C=O) groups excluding carboxylic acids is 2. The molecule has 0 aromatic heterocycles. The third kappa shape index (κ3) is 6.33. The molecule has 7 nitrogen and oxygen atoms in total. The van der Waals surface area contributed by atoms with Crippen molar-refractivity contribution in [3.8, 4) is 5.75 Å². The summed E-state index contributed by atoms with van der Waals surface area (Å²) in [6, 6.07) is 17.7. The maximum absolute atomic E-state index is 12.9. The van der Waals surface area contributed by atoms with Crippen molar-refractivity contribution in [2.75, 3.05) is 48.3 Å². The molecule has 3 aromatic carbocycles. The zero-order valence-electron chi connectivity index (χ0n) is 19.3. The number of nitrogens with zero attached hydrogens (tertiary/aromatic N) is 2. The van der Waals surface area contributed by atoms with Crippen LogP contribution in [0.5, 0.6) is 5.75 Å². The van der Waals surface area contributed by atoms with Gasteiger partial charge in [0, 0.05) is 43.1 Å². The first-order valence-corrected chi connectivity index (χ1v) is 11.3. The fourth-order valence-electron chi connectivity index (χ4n) is 4.00. The first-order chi connectivity index (χ1) is 17.2. The second-order valence-electron chi connectivity index (χ2n) is 8.41. The van der Waals surface area contributed by atoms with E-state index in [4.69, 9.17) is 0 Å². The number of halogens is 3. The number of phenolic OH excluding ortho intramolecular Hbond substituents is 1. The average molecular weight is 499 g/mol. The van der Waals surface area contributed by atoms with Crippen LogP contribution < -0.4 is 15.5 Å². The third-order valence-electron chi connectivity index (χ3n) is 5.82. The summed E-state index contributed by atoms with van der Waals surface area (Å²) < 4.78 is 38.7. The van der Waals surface area contributed by atoms with Gasteiger partial charge < -0.3 is 20.6 Å². The van der Waals surface area contributed by atoms with E-state index in [9.17, 15) is 27.9 Å². The molecule has 0 atom stereocenters. The van der Waals surface area contributed by atoms with Gasteiger partial charge >= 0.3 is 6.18 Å². The molecule has 1 heterocycles. The molecule has 0 spiro atoms. The Bertz CT molecular complexity index is 1240. The zero-order valence-corrected chi connectivity index (χ0v) is 19.3. The Hall–Kier alpha value is -4.05. The van der Waals surface area contributed by atoms with Gasteiger partial charge in [0.25, 0.3) is 5.91 Å². The maximum Gasteiger partial charge on any atom is 0.416 e. The molecule has 3 N–H and O–H groups in total. The molecule has 2 amide bonds. The van der Waals surface area contributed by atoms with Crippen LogP contribution in [0.1, 0.15) is 15.9 Å². The van der Waals surface area contributed by atoms with E-state index >= 15 is 0 Å². The largest absolute Gasteiger partial charge is 0.506 e. The zero-order chi connectivity index (χ0) is 25.7. The van der Waals surface area contributed by atoms with Crippen LogP contribution in [0.15, 0.2) is 72.8 Å². The number of aromatic hydroxyl groups is 1. The molecule has 0 radical (unpaired) electrons. The lowest BCUT2D eigenvalue weighted by Gasteiger charge is -2.35. The number of alkyl halides is 3. The number of anilines is 3. The fraction of sp³-hybridized carbons (Fsp3) is 0.231. The number of para-hydroxylation sites is 2. The molecule has 36 heavy (non-hydrogen) atoms. The van der Waals surface area contributed by atoms with Crippen LogP contribution in [0.2, 0.25) is 0 Å². The van der Waals surface area contributed by atoms with Crippen molar-refractivity contribution in [3.63, 3.8) is 0 Å². The highest BCUT2D eigenvalue weighted by molar-refractivity contribution is 6.05. The first-order valence-electron chi connectivity index (χ1n) is 11.3. The quantitative estimate of drug-likeness (QED) is 0.469. The van der Waals surface area contributed by atoms with Crippen LogP contribution in [0, 0.1) is 0 Å². The highest BCUT2D eigenvalue weighted by Gasteiger charge is 2.30. The van der Waals surface area contributed by atoms with Gasteiger partial charge in [-0.2, -0.15) is 13.2 Å². The van der Waals surface area contributed by atoms with Crippen LogP contribution in [-0.4, -0.2) is 54.5 Å². The summed E-state index contributed by atoms with van der Waals surface area (Å²) in [5.41, 5.74) is 0.530. The smallest absolute Gasteiger partial charge is 0.416 e. The Morgan fingerprint density at radius 3 is 2.19 bits per heavy atom.